The molecule has 0 saturated heterocycles. The lowest BCUT2D eigenvalue weighted by molar-refractivity contribution is -0.119. The minimum absolute atomic E-state index is 0.000208. The number of halogens is 1. The van der Waals surface area contributed by atoms with E-state index in [1.165, 1.54) is 0 Å². The van der Waals surface area contributed by atoms with Crippen LogP contribution in [0, 0.1) is 0 Å². The van der Waals surface area contributed by atoms with Gasteiger partial charge in [-0.25, -0.2) is 4.98 Å². The number of hydrogen-bond donors (Lipinski definition) is 0. The molecule has 110 valence electrons. The van der Waals surface area contributed by atoms with Crippen molar-refractivity contribution in [2.24, 2.45) is 7.05 Å². The first-order chi connectivity index (χ1) is 10.0. The molecule has 21 heavy (non-hydrogen) atoms. The Bertz CT molecular complexity index is 700. The Kier molecular flexibility index (Phi) is 3.29. The van der Waals surface area contributed by atoms with E-state index < -0.39 is 0 Å². The quantitative estimate of drug-likeness (QED) is 0.791. The van der Waals surface area contributed by atoms with Crippen molar-refractivity contribution in [2.45, 2.75) is 19.4 Å². The standard InChI is InChI=1S/C13H15ClN6O/c1-4-9-12(21)19(3)10-6-15-13(14)17-11(10)20(9)8-5-16-18(2)7-8/h5-7,9H,4H2,1-3H3. The lowest BCUT2D eigenvalue weighted by Crippen LogP contribution is -2.50. The molecule has 2 aromatic rings. The van der Waals surface area contributed by atoms with Gasteiger partial charge in [0.1, 0.15) is 11.7 Å². The molecule has 3 rings (SSSR count). The van der Waals surface area contributed by atoms with E-state index >= 15 is 0 Å². The van der Waals surface area contributed by atoms with Crippen molar-refractivity contribution in [1.29, 1.82) is 0 Å². The third-order valence-corrected chi connectivity index (χ3v) is 3.78. The number of anilines is 3. The largest absolute Gasteiger partial charge is 0.309 e. The third-order valence-electron chi connectivity index (χ3n) is 3.59. The molecular formula is C13H15ClN6O. The van der Waals surface area contributed by atoms with Crippen LogP contribution in [0.15, 0.2) is 18.6 Å². The number of nitrogens with zero attached hydrogens (tertiary/aromatic N) is 6. The van der Waals surface area contributed by atoms with Crippen LogP contribution in [0.3, 0.4) is 0 Å². The monoisotopic (exact) mass is 306 g/mol. The van der Waals surface area contributed by atoms with E-state index in [0.29, 0.717) is 17.9 Å². The summed E-state index contributed by atoms with van der Waals surface area (Å²) in [6.45, 7) is 1.97. The van der Waals surface area contributed by atoms with Gasteiger partial charge < -0.3 is 9.80 Å². The van der Waals surface area contributed by atoms with Crippen LogP contribution in [0.5, 0.6) is 0 Å². The molecule has 1 atom stereocenters. The van der Waals surface area contributed by atoms with E-state index in [-0.39, 0.29) is 17.2 Å². The molecule has 8 heteroatoms. The van der Waals surface area contributed by atoms with Gasteiger partial charge in [0.05, 0.1) is 18.1 Å². The number of amides is 1. The van der Waals surface area contributed by atoms with Crippen LogP contribution in [0.1, 0.15) is 13.3 Å². The minimum Gasteiger partial charge on any atom is -0.309 e. The summed E-state index contributed by atoms with van der Waals surface area (Å²) in [7, 11) is 3.55. The van der Waals surface area contributed by atoms with E-state index in [1.54, 1.807) is 29.0 Å². The molecule has 1 aliphatic heterocycles. The van der Waals surface area contributed by atoms with Crippen LogP contribution < -0.4 is 9.80 Å². The highest BCUT2D eigenvalue weighted by molar-refractivity contribution is 6.28. The van der Waals surface area contributed by atoms with Crippen molar-refractivity contribution >= 4 is 34.7 Å². The molecule has 3 heterocycles. The molecule has 1 amide bonds. The average Bonchev–Trinajstić information content (AvgIpc) is 2.88. The summed E-state index contributed by atoms with van der Waals surface area (Å²) in [6, 6.07) is -0.335. The SMILES string of the molecule is CCC1C(=O)N(C)c2cnc(Cl)nc2N1c1cnn(C)c1. The third kappa shape index (κ3) is 2.13. The molecule has 0 saturated carbocycles. The van der Waals surface area contributed by atoms with Gasteiger partial charge in [0.2, 0.25) is 11.2 Å². The van der Waals surface area contributed by atoms with Gasteiger partial charge >= 0.3 is 0 Å². The molecule has 1 unspecified atom stereocenters. The number of carbonyl (C=O) groups is 1. The van der Waals surface area contributed by atoms with Gasteiger partial charge in [-0.05, 0) is 18.0 Å². The Hall–Kier alpha value is -2.15. The lowest BCUT2D eigenvalue weighted by Gasteiger charge is -2.39. The minimum atomic E-state index is -0.335. The summed E-state index contributed by atoms with van der Waals surface area (Å²) in [5.41, 5.74) is 1.44. The molecule has 0 fully saturated rings. The van der Waals surface area contributed by atoms with Crippen molar-refractivity contribution in [3.8, 4) is 0 Å². The van der Waals surface area contributed by atoms with Gasteiger partial charge in [0.15, 0.2) is 5.82 Å². The van der Waals surface area contributed by atoms with E-state index in [1.807, 2.05) is 25.1 Å². The van der Waals surface area contributed by atoms with Crippen LogP contribution in [-0.2, 0) is 11.8 Å². The second kappa shape index (κ2) is 5.00. The molecule has 0 N–H and O–H groups in total. The van der Waals surface area contributed by atoms with Crippen molar-refractivity contribution in [1.82, 2.24) is 19.7 Å². The first kappa shape index (κ1) is 13.8. The highest BCUT2D eigenvalue weighted by atomic mass is 35.5. The van der Waals surface area contributed by atoms with Crippen LogP contribution >= 0.6 is 11.6 Å². The highest BCUT2D eigenvalue weighted by Gasteiger charge is 2.38. The fourth-order valence-electron chi connectivity index (χ4n) is 2.55. The molecule has 0 spiro atoms. The maximum Gasteiger partial charge on any atom is 0.250 e. The van der Waals surface area contributed by atoms with Crippen LogP contribution in [0.4, 0.5) is 17.2 Å². The van der Waals surface area contributed by atoms with Crippen molar-refractivity contribution < 1.29 is 4.79 Å². The van der Waals surface area contributed by atoms with Gasteiger partial charge in [-0.3, -0.25) is 9.48 Å². The van der Waals surface area contributed by atoms with Gasteiger partial charge in [0, 0.05) is 20.3 Å². The second-order valence-electron chi connectivity index (χ2n) is 4.91. The van der Waals surface area contributed by atoms with Crippen LogP contribution in [0.25, 0.3) is 0 Å². The van der Waals surface area contributed by atoms with Gasteiger partial charge in [0.25, 0.3) is 0 Å². The molecule has 0 bridgehead atoms. The summed E-state index contributed by atoms with van der Waals surface area (Å²) in [6.07, 6.45) is 5.78. The van der Waals surface area contributed by atoms with Gasteiger partial charge in [-0.1, -0.05) is 6.92 Å². The number of hydrogen-bond acceptors (Lipinski definition) is 5. The first-order valence-corrected chi connectivity index (χ1v) is 6.98. The zero-order valence-corrected chi connectivity index (χ0v) is 12.7. The molecule has 0 aliphatic carbocycles. The molecular weight excluding hydrogens is 292 g/mol. The Morgan fingerprint density at radius 3 is 2.71 bits per heavy atom. The lowest BCUT2D eigenvalue weighted by atomic mass is 10.1. The van der Waals surface area contributed by atoms with Gasteiger partial charge in [-0.15, -0.1) is 0 Å². The topological polar surface area (TPSA) is 67.2 Å². The molecule has 0 radical (unpaired) electrons. The van der Waals surface area contributed by atoms with Crippen molar-refractivity contribution in [3.05, 3.63) is 23.9 Å². The van der Waals surface area contributed by atoms with E-state index in [9.17, 15) is 4.79 Å². The van der Waals surface area contributed by atoms with Crippen molar-refractivity contribution in [2.75, 3.05) is 16.8 Å². The number of likely N-dealkylation sites (N-methyl/N-ethyl adjacent to an activating group) is 1. The zero-order chi connectivity index (χ0) is 15.1. The number of rotatable bonds is 2. The fraction of sp³-hybridized carbons (Fsp3) is 0.385. The Balaban J connectivity index is 2.21. The zero-order valence-electron chi connectivity index (χ0n) is 12.0. The molecule has 7 nitrogen and oxygen atoms in total. The fourth-order valence-corrected chi connectivity index (χ4v) is 2.68. The molecule has 2 aromatic heterocycles. The summed E-state index contributed by atoms with van der Waals surface area (Å²) in [5.74, 6) is 0.622. The second-order valence-corrected chi connectivity index (χ2v) is 5.25. The maximum atomic E-state index is 12.6. The summed E-state index contributed by atoms with van der Waals surface area (Å²) >= 11 is 5.94. The number of fused-ring (bicyclic) bond motifs is 1. The van der Waals surface area contributed by atoms with Gasteiger partial charge in [-0.2, -0.15) is 10.1 Å². The maximum absolute atomic E-state index is 12.6. The van der Waals surface area contributed by atoms with Crippen molar-refractivity contribution in [3.63, 3.8) is 0 Å². The van der Waals surface area contributed by atoms with E-state index in [2.05, 4.69) is 15.1 Å². The van der Waals surface area contributed by atoms with Crippen LogP contribution in [0.2, 0.25) is 5.28 Å². The average molecular weight is 307 g/mol. The molecule has 1 aliphatic rings. The Labute approximate surface area is 127 Å². The van der Waals surface area contributed by atoms with Crippen LogP contribution in [-0.4, -0.2) is 38.7 Å². The summed E-state index contributed by atoms with van der Waals surface area (Å²) in [4.78, 5) is 24.3. The number of aryl methyl sites for hydroxylation is 1. The molecule has 0 aromatic carbocycles. The van der Waals surface area contributed by atoms with E-state index in [0.717, 1.165) is 5.69 Å². The number of carbonyl (C=O) groups excluding carboxylic acids is 1. The predicted octanol–water partition coefficient (Wildman–Crippen LogP) is 1.76. The van der Waals surface area contributed by atoms with E-state index in [4.69, 9.17) is 11.6 Å². The predicted molar refractivity (Wildman–Crippen MR) is 79.9 cm³/mol. The first-order valence-electron chi connectivity index (χ1n) is 6.61. The Morgan fingerprint density at radius 2 is 2.10 bits per heavy atom. The number of aromatic nitrogens is 4. The summed E-state index contributed by atoms with van der Waals surface area (Å²) in [5, 5.41) is 4.33. The highest BCUT2D eigenvalue weighted by Crippen LogP contribution is 2.39. The smallest absolute Gasteiger partial charge is 0.250 e. The summed E-state index contributed by atoms with van der Waals surface area (Å²) < 4.78 is 1.69. The Morgan fingerprint density at radius 1 is 1.33 bits per heavy atom. The normalized spacial score (nSPS) is 18.1.